The van der Waals surface area contributed by atoms with Crippen molar-refractivity contribution in [1.29, 1.82) is 0 Å². The quantitative estimate of drug-likeness (QED) is 0.584. The molecule has 0 saturated heterocycles. The lowest BCUT2D eigenvalue weighted by Crippen LogP contribution is -2.23. The van der Waals surface area contributed by atoms with Crippen molar-refractivity contribution >= 4 is 37.3 Å². The lowest BCUT2D eigenvalue weighted by atomic mass is 10.3. The molecule has 1 heterocycles. The van der Waals surface area contributed by atoms with E-state index < -0.39 is 10.0 Å². The summed E-state index contributed by atoms with van der Waals surface area (Å²) in [5.74, 6) is 0. The normalized spacial score (nSPS) is 11.9. The van der Waals surface area contributed by atoms with E-state index in [1.165, 1.54) is 11.3 Å². The third-order valence-electron chi connectivity index (χ3n) is 2.35. The lowest BCUT2D eigenvalue weighted by molar-refractivity contribution is 0.578. The second-order valence-electron chi connectivity index (χ2n) is 3.72. The fraction of sp³-hybridized carbons (Fsp3) is 0.636. The molecule has 0 aliphatic heterocycles. The Hall–Kier alpha value is 0.0900. The number of nitrogens with one attached hydrogen (secondary N) is 1. The van der Waals surface area contributed by atoms with E-state index in [0.717, 1.165) is 35.9 Å². The fourth-order valence-electron chi connectivity index (χ4n) is 1.37. The molecule has 0 unspecified atom stereocenters. The molecule has 6 heteroatoms. The van der Waals surface area contributed by atoms with Crippen LogP contribution in [0.15, 0.2) is 16.3 Å². The van der Waals surface area contributed by atoms with Crippen molar-refractivity contribution in [3.63, 3.8) is 0 Å². The number of hydrogen-bond donors (Lipinski definition) is 1. The molecule has 3 nitrogen and oxygen atoms in total. The summed E-state index contributed by atoms with van der Waals surface area (Å²) >= 11 is 4.70. The van der Waals surface area contributed by atoms with E-state index in [1.807, 2.05) is 13.0 Å². The summed E-state index contributed by atoms with van der Waals surface area (Å²) in [6.45, 7) is 2.55. The molecular formula is C11H18BrNO2S2. The van der Waals surface area contributed by atoms with Gasteiger partial charge in [-0.05, 0) is 31.4 Å². The summed E-state index contributed by atoms with van der Waals surface area (Å²) in [5.41, 5.74) is 0. The molecule has 1 aromatic heterocycles. The van der Waals surface area contributed by atoms with Crippen molar-refractivity contribution in [2.75, 3.05) is 11.9 Å². The van der Waals surface area contributed by atoms with Gasteiger partial charge in [0.2, 0.25) is 10.0 Å². The summed E-state index contributed by atoms with van der Waals surface area (Å²) in [6, 6.07) is 3.56. The Bertz CT molecular complexity index is 428. The highest BCUT2D eigenvalue weighted by molar-refractivity contribution is 9.09. The number of unbranched alkanes of at least 4 members (excludes halogenated alkanes) is 2. The van der Waals surface area contributed by atoms with Gasteiger partial charge in [-0.3, -0.25) is 0 Å². The largest absolute Gasteiger partial charge is 0.250 e. The first-order valence-electron chi connectivity index (χ1n) is 5.74. The van der Waals surface area contributed by atoms with Gasteiger partial charge < -0.3 is 0 Å². The molecule has 0 aliphatic rings. The maximum absolute atomic E-state index is 11.9. The Kier molecular flexibility index (Phi) is 6.69. The van der Waals surface area contributed by atoms with Crippen LogP contribution in [-0.2, 0) is 16.4 Å². The van der Waals surface area contributed by atoms with E-state index in [1.54, 1.807) is 6.07 Å². The van der Waals surface area contributed by atoms with Crippen LogP contribution in [0.3, 0.4) is 0 Å². The number of alkyl halides is 1. The second-order valence-corrected chi connectivity index (χ2v) is 7.68. The number of sulfonamides is 1. The Morgan fingerprint density at radius 3 is 2.65 bits per heavy atom. The topological polar surface area (TPSA) is 46.2 Å². The average molecular weight is 340 g/mol. The fourth-order valence-corrected chi connectivity index (χ4v) is 4.18. The summed E-state index contributed by atoms with van der Waals surface area (Å²) in [6.07, 6.45) is 3.89. The molecule has 1 rings (SSSR count). The van der Waals surface area contributed by atoms with Crippen molar-refractivity contribution in [2.45, 2.75) is 36.8 Å². The lowest BCUT2D eigenvalue weighted by Gasteiger charge is -2.03. The standard InChI is InChI=1S/C11H18BrNO2S2/c1-2-10-6-7-11(16-10)17(14,15)13-9-5-3-4-8-12/h6-7,13H,2-5,8-9H2,1H3. The highest BCUT2D eigenvalue weighted by Crippen LogP contribution is 2.21. The maximum atomic E-state index is 11.9. The van der Waals surface area contributed by atoms with E-state index in [2.05, 4.69) is 20.7 Å². The maximum Gasteiger partial charge on any atom is 0.250 e. The van der Waals surface area contributed by atoms with Crippen LogP contribution in [0.4, 0.5) is 0 Å². The molecule has 1 aromatic rings. The van der Waals surface area contributed by atoms with Crippen molar-refractivity contribution in [3.8, 4) is 0 Å². The number of hydrogen-bond acceptors (Lipinski definition) is 3. The summed E-state index contributed by atoms with van der Waals surface area (Å²) in [4.78, 5) is 1.10. The molecule has 0 spiro atoms. The van der Waals surface area contributed by atoms with Gasteiger partial charge in [0.15, 0.2) is 0 Å². The van der Waals surface area contributed by atoms with Crippen molar-refractivity contribution in [3.05, 3.63) is 17.0 Å². The predicted octanol–water partition coefficient (Wildman–Crippen LogP) is 3.15. The van der Waals surface area contributed by atoms with Crippen LogP contribution in [0.1, 0.15) is 31.1 Å². The monoisotopic (exact) mass is 339 g/mol. The smallest absolute Gasteiger partial charge is 0.210 e. The van der Waals surface area contributed by atoms with Gasteiger partial charge in [-0.1, -0.05) is 29.3 Å². The Balaban J connectivity index is 2.45. The van der Waals surface area contributed by atoms with Crippen LogP contribution in [0, 0.1) is 0 Å². The van der Waals surface area contributed by atoms with Gasteiger partial charge in [0.1, 0.15) is 4.21 Å². The molecule has 0 bridgehead atoms. The molecule has 1 N–H and O–H groups in total. The number of aryl methyl sites for hydroxylation is 1. The molecule has 0 atom stereocenters. The number of halogens is 1. The van der Waals surface area contributed by atoms with E-state index in [-0.39, 0.29) is 0 Å². The molecule has 0 amide bonds. The summed E-state index contributed by atoms with van der Waals surface area (Å²) in [7, 11) is -3.28. The zero-order chi connectivity index (χ0) is 12.7. The Morgan fingerprint density at radius 2 is 2.06 bits per heavy atom. The van der Waals surface area contributed by atoms with Crippen molar-refractivity contribution < 1.29 is 8.42 Å². The third kappa shape index (κ3) is 5.07. The third-order valence-corrected chi connectivity index (χ3v) is 6.10. The highest BCUT2D eigenvalue weighted by Gasteiger charge is 2.15. The van der Waals surface area contributed by atoms with E-state index >= 15 is 0 Å². The van der Waals surface area contributed by atoms with Crippen LogP contribution in [0.2, 0.25) is 0 Å². The van der Waals surface area contributed by atoms with Crippen LogP contribution in [0.25, 0.3) is 0 Å². The number of thiophene rings is 1. The minimum atomic E-state index is -3.28. The molecule has 0 saturated carbocycles. The molecule has 0 fully saturated rings. The van der Waals surface area contributed by atoms with Gasteiger partial charge >= 0.3 is 0 Å². The molecule has 98 valence electrons. The van der Waals surface area contributed by atoms with Gasteiger partial charge in [-0.2, -0.15) is 0 Å². The van der Waals surface area contributed by atoms with Gasteiger partial charge in [0.05, 0.1) is 0 Å². The van der Waals surface area contributed by atoms with Crippen molar-refractivity contribution in [1.82, 2.24) is 4.72 Å². The van der Waals surface area contributed by atoms with Crippen LogP contribution < -0.4 is 4.72 Å². The zero-order valence-electron chi connectivity index (χ0n) is 9.91. The second kappa shape index (κ2) is 7.51. The SMILES string of the molecule is CCc1ccc(S(=O)(=O)NCCCCCBr)s1. The average Bonchev–Trinajstić information content (AvgIpc) is 2.78. The van der Waals surface area contributed by atoms with E-state index in [0.29, 0.717) is 10.8 Å². The highest BCUT2D eigenvalue weighted by atomic mass is 79.9. The predicted molar refractivity (Wildman–Crippen MR) is 76.5 cm³/mol. The molecule has 0 radical (unpaired) electrons. The zero-order valence-corrected chi connectivity index (χ0v) is 13.1. The minimum Gasteiger partial charge on any atom is -0.210 e. The van der Waals surface area contributed by atoms with Crippen LogP contribution >= 0.6 is 27.3 Å². The van der Waals surface area contributed by atoms with Crippen LogP contribution in [-0.4, -0.2) is 20.3 Å². The van der Waals surface area contributed by atoms with Gasteiger partial charge in [0.25, 0.3) is 0 Å². The summed E-state index contributed by atoms with van der Waals surface area (Å²) < 4.78 is 26.8. The summed E-state index contributed by atoms with van der Waals surface area (Å²) in [5, 5.41) is 0.977. The first kappa shape index (κ1) is 15.1. The molecular weight excluding hydrogens is 322 g/mol. The molecule has 17 heavy (non-hydrogen) atoms. The Labute approximate surface area is 116 Å². The van der Waals surface area contributed by atoms with E-state index in [9.17, 15) is 8.42 Å². The first-order valence-corrected chi connectivity index (χ1v) is 9.16. The molecule has 0 aromatic carbocycles. The Morgan fingerprint density at radius 1 is 1.29 bits per heavy atom. The minimum absolute atomic E-state index is 0.426. The van der Waals surface area contributed by atoms with Gasteiger partial charge in [0, 0.05) is 16.8 Å². The first-order chi connectivity index (χ1) is 8.10. The molecule has 0 aliphatic carbocycles. The van der Waals surface area contributed by atoms with E-state index in [4.69, 9.17) is 0 Å². The van der Waals surface area contributed by atoms with Crippen LogP contribution in [0.5, 0.6) is 0 Å². The van der Waals surface area contributed by atoms with Gasteiger partial charge in [-0.15, -0.1) is 11.3 Å². The number of rotatable bonds is 8. The van der Waals surface area contributed by atoms with Crippen molar-refractivity contribution in [2.24, 2.45) is 0 Å². The van der Waals surface area contributed by atoms with Gasteiger partial charge in [-0.25, -0.2) is 13.1 Å².